The number of ketones is 2. The lowest BCUT2D eigenvalue weighted by Crippen LogP contribution is -2.42. The van der Waals surface area contributed by atoms with Gasteiger partial charge in [-0.25, -0.2) is 0 Å². The molecule has 0 fully saturated rings. The summed E-state index contributed by atoms with van der Waals surface area (Å²) in [5, 5.41) is 22.4. The molecule has 0 amide bonds. The highest BCUT2D eigenvalue weighted by Gasteiger charge is 2.51. The SMILES string of the molecule is CCC(C)C(=O)C1=C(O)C(CCC(C)C)=C(O)C(CCC(C)C)(CCC(C)C)C1=O. The van der Waals surface area contributed by atoms with E-state index in [1.54, 1.807) is 6.92 Å². The quantitative estimate of drug-likeness (QED) is 0.330. The number of Topliss-reactive ketones (excluding diaryl/α,β-unsaturated/α-hetero) is 2. The van der Waals surface area contributed by atoms with Crippen LogP contribution in [0.2, 0.25) is 0 Å². The van der Waals surface area contributed by atoms with E-state index in [0.717, 1.165) is 19.3 Å². The third-order valence-electron chi connectivity index (χ3n) is 6.50. The summed E-state index contributed by atoms with van der Waals surface area (Å²) in [7, 11) is 0. The molecule has 1 aliphatic rings. The maximum absolute atomic E-state index is 13.8. The van der Waals surface area contributed by atoms with E-state index in [0.29, 0.717) is 49.0 Å². The first kappa shape index (κ1) is 26.5. The van der Waals surface area contributed by atoms with Crippen LogP contribution < -0.4 is 0 Å². The molecule has 0 bridgehead atoms. The molecule has 30 heavy (non-hydrogen) atoms. The molecule has 0 aromatic rings. The smallest absolute Gasteiger partial charge is 0.183 e. The van der Waals surface area contributed by atoms with Crippen molar-refractivity contribution in [2.45, 2.75) is 100 Å². The minimum Gasteiger partial charge on any atom is -0.511 e. The molecule has 1 unspecified atom stereocenters. The Hall–Kier alpha value is -1.58. The lowest BCUT2D eigenvalue weighted by atomic mass is 9.64. The van der Waals surface area contributed by atoms with Crippen molar-refractivity contribution < 1.29 is 19.8 Å². The van der Waals surface area contributed by atoms with Crippen molar-refractivity contribution in [1.82, 2.24) is 0 Å². The number of hydrogen-bond acceptors (Lipinski definition) is 4. The number of allylic oxidation sites excluding steroid dienone is 3. The fourth-order valence-corrected chi connectivity index (χ4v) is 4.00. The van der Waals surface area contributed by atoms with Crippen molar-refractivity contribution in [2.24, 2.45) is 29.1 Å². The van der Waals surface area contributed by atoms with Crippen LogP contribution >= 0.6 is 0 Å². The fourth-order valence-electron chi connectivity index (χ4n) is 4.00. The van der Waals surface area contributed by atoms with Crippen molar-refractivity contribution in [3.63, 3.8) is 0 Å². The third-order valence-corrected chi connectivity index (χ3v) is 6.50. The van der Waals surface area contributed by atoms with Gasteiger partial charge in [-0.3, -0.25) is 9.59 Å². The molecule has 1 atom stereocenters. The van der Waals surface area contributed by atoms with Crippen LogP contribution in [-0.4, -0.2) is 21.8 Å². The monoisotopic (exact) mass is 420 g/mol. The van der Waals surface area contributed by atoms with Crippen molar-refractivity contribution in [1.29, 1.82) is 0 Å². The summed E-state index contributed by atoms with van der Waals surface area (Å²) >= 11 is 0. The van der Waals surface area contributed by atoms with Gasteiger partial charge in [-0.05, 0) is 62.7 Å². The van der Waals surface area contributed by atoms with Crippen LogP contribution in [0.25, 0.3) is 0 Å². The molecule has 4 heteroatoms. The summed E-state index contributed by atoms with van der Waals surface area (Å²) in [6.07, 6.45) is 4.38. The molecule has 0 heterocycles. The van der Waals surface area contributed by atoms with Crippen LogP contribution in [0, 0.1) is 29.1 Å². The van der Waals surface area contributed by atoms with E-state index in [1.165, 1.54) is 0 Å². The molecule has 0 saturated heterocycles. The van der Waals surface area contributed by atoms with E-state index in [9.17, 15) is 19.8 Å². The zero-order valence-corrected chi connectivity index (χ0v) is 20.5. The standard InChI is InChI=1S/C26H44O4/c1-9-19(8)22(27)21-23(28)20(11-10-16(2)3)24(29)26(25(21)30,14-12-17(4)5)15-13-18(6)7/h16-19,28-29H,9-15H2,1-8H3. The highest BCUT2D eigenvalue weighted by atomic mass is 16.3. The molecule has 0 radical (unpaired) electrons. The fraction of sp³-hybridized carbons (Fsp3) is 0.769. The normalized spacial score (nSPS) is 18.2. The number of aliphatic hydroxyl groups excluding tert-OH is 2. The topological polar surface area (TPSA) is 74.6 Å². The van der Waals surface area contributed by atoms with Crippen molar-refractivity contribution in [3.8, 4) is 0 Å². The Morgan fingerprint density at radius 1 is 0.867 bits per heavy atom. The molecule has 0 aromatic heterocycles. The Kier molecular flexibility index (Phi) is 9.84. The second-order valence-electron chi connectivity index (χ2n) is 10.4. The van der Waals surface area contributed by atoms with Crippen molar-refractivity contribution in [3.05, 3.63) is 22.7 Å². The molecule has 0 spiro atoms. The number of carbonyl (C=O) groups is 2. The molecule has 4 nitrogen and oxygen atoms in total. The second kappa shape index (κ2) is 11.2. The van der Waals surface area contributed by atoms with E-state index in [1.807, 2.05) is 6.92 Å². The number of aliphatic hydroxyl groups is 2. The van der Waals surface area contributed by atoms with Crippen LogP contribution in [0.4, 0.5) is 0 Å². The van der Waals surface area contributed by atoms with Gasteiger partial charge in [0.15, 0.2) is 11.6 Å². The summed E-state index contributed by atoms with van der Waals surface area (Å²) in [6, 6.07) is 0. The third kappa shape index (κ3) is 5.98. The number of carbonyl (C=O) groups excluding carboxylic acids is 2. The Balaban J connectivity index is 3.66. The number of hydrogen-bond donors (Lipinski definition) is 2. The van der Waals surface area contributed by atoms with Gasteiger partial charge >= 0.3 is 0 Å². The molecular weight excluding hydrogens is 376 g/mol. The van der Waals surface area contributed by atoms with Crippen LogP contribution in [0.15, 0.2) is 22.7 Å². The predicted molar refractivity (Wildman–Crippen MR) is 123 cm³/mol. The second-order valence-corrected chi connectivity index (χ2v) is 10.4. The average Bonchev–Trinajstić information content (AvgIpc) is 2.66. The predicted octanol–water partition coefficient (Wildman–Crippen LogP) is 7.10. The summed E-state index contributed by atoms with van der Waals surface area (Å²) in [4.78, 5) is 27.0. The Labute approximate surface area is 183 Å². The molecule has 0 aliphatic heterocycles. The first-order chi connectivity index (χ1) is 13.9. The van der Waals surface area contributed by atoms with Gasteiger partial charge in [-0.1, -0.05) is 55.4 Å². The molecule has 1 aliphatic carbocycles. The zero-order valence-electron chi connectivity index (χ0n) is 20.5. The van der Waals surface area contributed by atoms with Gasteiger partial charge in [0.2, 0.25) is 0 Å². The summed E-state index contributed by atoms with van der Waals surface area (Å²) in [6.45, 7) is 16.3. The highest BCUT2D eigenvalue weighted by Crippen LogP contribution is 2.48. The first-order valence-electron chi connectivity index (χ1n) is 11.8. The maximum Gasteiger partial charge on any atom is 0.183 e. The maximum atomic E-state index is 13.8. The molecule has 2 N–H and O–H groups in total. The Morgan fingerprint density at radius 3 is 1.73 bits per heavy atom. The molecule has 1 rings (SSSR count). The van der Waals surface area contributed by atoms with Gasteiger partial charge in [-0.15, -0.1) is 0 Å². The molecule has 172 valence electrons. The Morgan fingerprint density at radius 2 is 1.33 bits per heavy atom. The van der Waals surface area contributed by atoms with Crippen molar-refractivity contribution >= 4 is 11.6 Å². The Bertz CT molecular complexity index is 667. The van der Waals surface area contributed by atoms with Gasteiger partial charge in [0, 0.05) is 11.5 Å². The van der Waals surface area contributed by atoms with E-state index in [-0.39, 0.29) is 34.6 Å². The van der Waals surface area contributed by atoms with E-state index >= 15 is 0 Å². The summed E-state index contributed by atoms with van der Waals surface area (Å²) < 4.78 is 0. The van der Waals surface area contributed by atoms with E-state index < -0.39 is 5.41 Å². The highest BCUT2D eigenvalue weighted by molar-refractivity contribution is 6.24. The lowest BCUT2D eigenvalue weighted by Gasteiger charge is -2.38. The van der Waals surface area contributed by atoms with Gasteiger partial charge in [0.05, 0.1) is 5.41 Å². The molecular formula is C26H44O4. The molecule has 0 saturated carbocycles. The number of rotatable bonds is 12. The van der Waals surface area contributed by atoms with Crippen molar-refractivity contribution in [2.75, 3.05) is 0 Å². The average molecular weight is 421 g/mol. The lowest BCUT2D eigenvalue weighted by molar-refractivity contribution is -0.130. The van der Waals surface area contributed by atoms with Crippen LogP contribution in [0.3, 0.4) is 0 Å². The minimum absolute atomic E-state index is 0.00708. The zero-order chi connectivity index (χ0) is 23.2. The van der Waals surface area contributed by atoms with Crippen LogP contribution in [-0.2, 0) is 9.59 Å². The van der Waals surface area contributed by atoms with Crippen LogP contribution in [0.1, 0.15) is 100 Å². The molecule has 0 aromatic carbocycles. The first-order valence-corrected chi connectivity index (χ1v) is 11.8. The summed E-state index contributed by atoms with van der Waals surface area (Å²) in [5.74, 6) is -0.176. The van der Waals surface area contributed by atoms with Crippen LogP contribution in [0.5, 0.6) is 0 Å². The summed E-state index contributed by atoms with van der Waals surface area (Å²) in [5.41, 5.74) is -0.776. The van der Waals surface area contributed by atoms with Gasteiger partial charge in [-0.2, -0.15) is 0 Å². The van der Waals surface area contributed by atoms with Gasteiger partial charge in [0.25, 0.3) is 0 Å². The van der Waals surface area contributed by atoms with Gasteiger partial charge in [0.1, 0.15) is 17.1 Å². The van der Waals surface area contributed by atoms with E-state index in [2.05, 4.69) is 41.5 Å². The van der Waals surface area contributed by atoms with E-state index in [4.69, 9.17) is 0 Å². The van der Waals surface area contributed by atoms with Gasteiger partial charge < -0.3 is 10.2 Å². The minimum atomic E-state index is -1.11. The largest absolute Gasteiger partial charge is 0.511 e.